The highest BCUT2D eigenvalue weighted by Crippen LogP contribution is 2.46. The van der Waals surface area contributed by atoms with E-state index in [2.05, 4.69) is 0 Å². The van der Waals surface area contributed by atoms with E-state index in [0.717, 1.165) is 4.90 Å². The van der Waals surface area contributed by atoms with Crippen molar-refractivity contribution in [2.45, 2.75) is 12.6 Å². The molecule has 0 saturated carbocycles. The van der Waals surface area contributed by atoms with E-state index >= 15 is 0 Å². The molecule has 2 rings (SSSR count). The zero-order valence-electron chi connectivity index (χ0n) is 11.7. The quantitative estimate of drug-likeness (QED) is 0.928. The van der Waals surface area contributed by atoms with Gasteiger partial charge in [0.15, 0.2) is 5.41 Å². The zero-order valence-corrected chi connectivity index (χ0v) is 11.7. The maximum absolute atomic E-state index is 13.1. The molecule has 1 amide bonds. The van der Waals surface area contributed by atoms with Crippen LogP contribution < -0.4 is 4.74 Å². The summed E-state index contributed by atoms with van der Waals surface area (Å²) in [6.45, 7) is -1.15. The predicted molar refractivity (Wildman–Crippen MR) is 69.6 cm³/mol. The van der Waals surface area contributed by atoms with Crippen molar-refractivity contribution in [1.82, 2.24) is 4.90 Å². The minimum Gasteiger partial charge on any atom is -0.497 e. The average Bonchev–Trinajstić information content (AvgIpc) is 2.93. The van der Waals surface area contributed by atoms with Crippen molar-refractivity contribution in [1.29, 1.82) is 0 Å². The third-order valence-corrected chi connectivity index (χ3v) is 3.83. The molecule has 0 radical (unpaired) electrons. The van der Waals surface area contributed by atoms with Gasteiger partial charge in [0.05, 0.1) is 7.11 Å². The molecule has 0 aromatic heterocycles. The van der Waals surface area contributed by atoms with Crippen molar-refractivity contribution in [3.8, 4) is 5.75 Å². The Morgan fingerprint density at radius 1 is 1.36 bits per heavy atom. The molecule has 22 heavy (non-hydrogen) atoms. The minimum atomic E-state index is -4.91. The van der Waals surface area contributed by atoms with Gasteiger partial charge in [-0.2, -0.15) is 13.2 Å². The van der Waals surface area contributed by atoms with E-state index in [1.165, 1.54) is 25.3 Å². The molecule has 120 valence electrons. The Morgan fingerprint density at radius 2 is 2.05 bits per heavy atom. The number of rotatable bonds is 3. The van der Waals surface area contributed by atoms with Crippen LogP contribution in [0.5, 0.6) is 5.75 Å². The molecular weight excluding hydrogens is 303 g/mol. The number of carboxylic acid groups (broad SMARTS) is 1. The van der Waals surface area contributed by atoms with Gasteiger partial charge in [0.2, 0.25) is 0 Å². The number of carbonyl (C=O) groups excluding carboxylic acids is 1. The fraction of sp³-hybridized carbons (Fsp3) is 0.429. The fourth-order valence-corrected chi connectivity index (χ4v) is 2.45. The smallest absolute Gasteiger partial charge is 0.406 e. The van der Waals surface area contributed by atoms with Crippen LogP contribution in [0.2, 0.25) is 0 Å². The summed E-state index contributed by atoms with van der Waals surface area (Å²) in [5.74, 6) is -2.21. The van der Waals surface area contributed by atoms with Crippen LogP contribution in [0, 0.1) is 5.41 Å². The molecule has 1 aromatic carbocycles. The standard InChI is InChI=1S/C14H14F3NO4/c1-22-10-4-2-3-9(7-10)11(19)18-6-5-13(8-18,12(20)21)14(15,16)17/h2-4,7H,5-6,8H2,1H3,(H,20,21). The average molecular weight is 317 g/mol. The van der Waals surface area contributed by atoms with Crippen LogP contribution in [0.4, 0.5) is 13.2 Å². The molecule has 1 atom stereocenters. The second-order valence-corrected chi connectivity index (χ2v) is 5.09. The molecule has 8 heteroatoms. The molecule has 1 unspecified atom stereocenters. The van der Waals surface area contributed by atoms with Gasteiger partial charge >= 0.3 is 12.1 Å². The first-order valence-corrected chi connectivity index (χ1v) is 6.45. The minimum absolute atomic E-state index is 0.155. The van der Waals surface area contributed by atoms with Gasteiger partial charge in [0.1, 0.15) is 5.75 Å². The van der Waals surface area contributed by atoms with Crippen molar-refractivity contribution in [2.24, 2.45) is 5.41 Å². The lowest BCUT2D eigenvalue weighted by molar-refractivity contribution is -0.227. The van der Waals surface area contributed by atoms with Gasteiger partial charge in [-0.05, 0) is 24.6 Å². The first kappa shape index (κ1) is 16.1. The third kappa shape index (κ3) is 2.60. The number of methoxy groups -OCH3 is 1. The van der Waals surface area contributed by atoms with Crippen LogP contribution in [0.1, 0.15) is 16.8 Å². The van der Waals surface area contributed by atoms with Crippen LogP contribution in [0.3, 0.4) is 0 Å². The molecule has 1 heterocycles. The summed E-state index contributed by atoms with van der Waals surface area (Å²) in [6.07, 6.45) is -5.57. The summed E-state index contributed by atoms with van der Waals surface area (Å²) in [6, 6.07) is 5.98. The van der Waals surface area contributed by atoms with E-state index in [1.807, 2.05) is 0 Å². The van der Waals surface area contributed by atoms with Gasteiger partial charge in [-0.25, -0.2) is 0 Å². The zero-order chi connectivity index (χ0) is 16.5. The monoisotopic (exact) mass is 317 g/mol. The van der Waals surface area contributed by atoms with E-state index in [-0.39, 0.29) is 12.1 Å². The molecule has 1 N–H and O–H groups in total. The molecule has 1 aliphatic rings. The van der Waals surface area contributed by atoms with Gasteiger partial charge in [0.25, 0.3) is 5.91 Å². The second-order valence-electron chi connectivity index (χ2n) is 5.09. The van der Waals surface area contributed by atoms with Crippen LogP contribution in [-0.2, 0) is 4.79 Å². The summed E-state index contributed by atoms with van der Waals surface area (Å²) in [5, 5.41) is 8.97. The summed E-state index contributed by atoms with van der Waals surface area (Å²) in [7, 11) is 1.40. The molecule has 1 saturated heterocycles. The van der Waals surface area contributed by atoms with Gasteiger partial charge in [-0.15, -0.1) is 0 Å². The van der Waals surface area contributed by atoms with Crippen molar-refractivity contribution in [2.75, 3.05) is 20.2 Å². The van der Waals surface area contributed by atoms with Crippen LogP contribution in [0.25, 0.3) is 0 Å². The highest BCUT2D eigenvalue weighted by atomic mass is 19.4. The summed E-state index contributed by atoms with van der Waals surface area (Å²) >= 11 is 0. The largest absolute Gasteiger partial charge is 0.497 e. The Labute approximate surface area is 124 Å². The lowest BCUT2D eigenvalue weighted by atomic mass is 9.86. The van der Waals surface area contributed by atoms with Crippen LogP contribution >= 0.6 is 0 Å². The van der Waals surface area contributed by atoms with Gasteiger partial charge < -0.3 is 14.7 Å². The molecule has 1 aliphatic heterocycles. The first-order chi connectivity index (χ1) is 10.2. The molecule has 5 nitrogen and oxygen atoms in total. The van der Waals surface area contributed by atoms with Gasteiger partial charge in [-0.1, -0.05) is 6.07 Å². The van der Waals surface area contributed by atoms with Crippen molar-refractivity contribution in [3.63, 3.8) is 0 Å². The van der Waals surface area contributed by atoms with Crippen molar-refractivity contribution < 1.29 is 32.6 Å². The number of aliphatic carboxylic acids is 1. The Hall–Kier alpha value is -2.25. The number of carboxylic acids is 1. The molecule has 0 bridgehead atoms. The topological polar surface area (TPSA) is 66.8 Å². The summed E-state index contributed by atoms with van der Waals surface area (Å²) in [4.78, 5) is 24.3. The second kappa shape index (κ2) is 5.51. The molecule has 0 aliphatic carbocycles. The Bertz CT molecular complexity index is 602. The lowest BCUT2D eigenvalue weighted by Gasteiger charge is -2.27. The maximum Gasteiger partial charge on any atom is 0.406 e. The number of hydrogen-bond donors (Lipinski definition) is 1. The number of nitrogens with zero attached hydrogens (tertiary/aromatic N) is 1. The number of halogens is 3. The van der Waals surface area contributed by atoms with E-state index < -0.39 is 36.4 Å². The fourth-order valence-electron chi connectivity index (χ4n) is 2.45. The first-order valence-electron chi connectivity index (χ1n) is 6.45. The number of amides is 1. The predicted octanol–water partition coefficient (Wildman–Crippen LogP) is 2.17. The molecular formula is C14H14F3NO4. The highest BCUT2D eigenvalue weighted by Gasteiger charge is 2.64. The van der Waals surface area contributed by atoms with Crippen LogP contribution in [-0.4, -0.2) is 48.3 Å². The summed E-state index contributed by atoms with van der Waals surface area (Å²) in [5.41, 5.74) is -2.75. The van der Waals surface area contributed by atoms with E-state index in [1.54, 1.807) is 6.07 Å². The Morgan fingerprint density at radius 3 is 2.55 bits per heavy atom. The van der Waals surface area contributed by atoms with Gasteiger partial charge in [0, 0.05) is 18.7 Å². The number of benzene rings is 1. The van der Waals surface area contributed by atoms with E-state index in [4.69, 9.17) is 9.84 Å². The van der Waals surface area contributed by atoms with E-state index in [9.17, 15) is 22.8 Å². The summed E-state index contributed by atoms with van der Waals surface area (Å²) < 4.78 is 44.2. The van der Waals surface area contributed by atoms with Crippen molar-refractivity contribution in [3.05, 3.63) is 29.8 Å². The maximum atomic E-state index is 13.1. The Balaban J connectivity index is 2.25. The number of hydrogen-bond acceptors (Lipinski definition) is 3. The molecule has 1 aromatic rings. The van der Waals surface area contributed by atoms with Gasteiger partial charge in [-0.3, -0.25) is 9.59 Å². The normalized spacial score (nSPS) is 21.7. The highest BCUT2D eigenvalue weighted by molar-refractivity contribution is 5.95. The van der Waals surface area contributed by atoms with E-state index in [0.29, 0.717) is 5.75 Å². The third-order valence-electron chi connectivity index (χ3n) is 3.83. The number of ether oxygens (including phenoxy) is 1. The number of likely N-dealkylation sites (tertiary alicyclic amines) is 1. The van der Waals surface area contributed by atoms with Crippen LogP contribution in [0.15, 0.2) is 24.3 Å². The number of alkyl halides is 3. The van der Waals surface area contributed by atoms with Crippen molar-refractivity contribution >= 4 is 11.9 Å². The Kier molecular flexibility index (Phi) is 4.04. The molecule has 1 fully saturated rings. The lowest BCUT2D eigenvalue weighted by Crippen LogP contribution is -2.47. The number of carbonyl (C=O) groups is 2. The SMILES string of the molecule is COc1cccc(C(=O)N2CCC(C(=O)O)(C(F)(F)F)C2)c1. The molecule has 0 spiro atoms.